The summed E-state index contributed by atoms with van der Waals surface area (Å²) in [5.74, 6) is 1.03. The fourth-order valence-electron chi connectivity index (χ4n) is 3.08. The van der Waals surface area contributed by atoms with Crippen molar-refractivity contribution in [3.05, 3.63) is 62.9 Å². The highest BCUT2D eigenvalue weighted by atomic mass is 35.5. The van der Waals surface area contributed by atoms with E-state index in [-0.39, 0.29) is 5.91 Å². The molecule has 0 aliphatic heterocycles. The van der Waals surface area contributed by atoms with Crippen LogP contribution in [-0.2, 0) is 11.2 Å². The van der Waals surface area contributed by atoms with Gasteiger partial charge in [0.25, 0.3) is 0 Å². The summed E-state index contributed by atoms with van der Waals surface area (Å²) < 4.78 is 1.91. The molecule has 28 heavy (non-hydrogen) atoms. The third-order valence-electron chi connectivity index (χ3n) is 4.56. The van der Waals surface area contributed by atoms with Gasteiger partial charge in [-0.1, -0.05) is 66.8 Å². The van der Waals surface area contributed by atoms with Gasteiger partial charge < -0.3 is 9.88 Å². The maximum absolute atomic E-state index is 12.8. The molecule has 4 nitrogen and oxygen atoms in total. The minimum atomic E-state index is -0.460. The Morgan fingerprint density at radius 1 is 1.07 bits per heavy atom. The lowest BCUT2D eigenvalue weighted by Gasteiger charge is -2.19. The van der Waals surface area contributed by atoms with E-state index >= 15 is 0 Å². The molecule has 0 saturated carbocycles. The SMILES string of the molecule is CC(C)CNC(=O)[C@H](C)n1c(Cc2ccccc2Cl)nc2cc(Cl)c(Cl)cc21. The number of imidazole rings is 1. The summed E-state index contributed by atoms with van der Waals surface area (Å²) in [6.45, 7) is 6.59. The molecule has 0 spiro atoms. The van der Waals surface area contributed by atoms with Gasteiger partial charge >= 0.3 is 0 Å². The maximum atomic E-state index is 12.8. The van der Waals surface area contributed by atoms with Gasteiger partial charge in [0.15, 0.2) is 0 Å². The average molecular weight is 439 g/mol. The first-order valence-corrected chi connectivity index (χ1v) is 10.3. The number of rotatable bonds is 6. The zero-order valence-electron chi connectivity index (χ0n) is 16.0. The van der Waals surface area contributed by atoms with Crippen molar-refractivity contribution in [2.75, 3.05) is 6.54 Å². The lowest BCUT2D eigenvalue weighted by atomic mass is 10.1. The second-order valence-corrected chi connectivity index (χ2v) is 8.46. The molecule has 0 fully saturated rings. The molecule has 2 aromatic carbocycles. The molecule has 7 heteroatoms. The van der Waals surface area contributed by atoms with Crippen LogP contribution in [0.25, 0.3) is 11.0 Å². The van der Waals surface area contributed by atoms with Gasteiger partial charge in [0.2, 0.25) is 5.91 Å². The van der Waals surface area contributed by atoms with Crippen LogP contribution in [0.5, 0.6) is 0 Å². The Balaban J connectivity index is 2.08. The second kappa shape index (κ2) is 8.73. The Kier molecular flexibility index (Phi) is 6.54. The molecule has 0 radical (unpaired) electrons. The van der Waals surface area contributed by atoms with E-state index in [0.29, 0.717) is 39.5 Å². The van der Waals surface area contributed by atoms with Gasteiger partial charge in [-0.2, -0.15) is 0 Å². The first-order chi connectivity index (χ1) is 13.3. The van der Waals surface area contributed by atoms with Gasteiger partial charge in [0, 0.05) is 18.0 Å². The molecule has 1 amide bonds. The van der Waals surface area contributed by atoms with Crippen LogP contribution in [0.4, 0.5) is 0 Å². The molecule has 1 N–H and O–H groups in total. The van der Waals surface area contributed by atoms with Crippen molar-refractivity contribution in [2.24, 2.45) is 5.92 Å². The number of aromatic nitrogens is 2. The zero-order valence-corrected chi connectivity index (χ0v) is 18.2. The Morgan fingerprint density at radius 2 is 1.75 bits per heavy atom. The van der Waals surface area contributed by atoms with Crippen LogP contribution in [-0.4, -0.2) is 22.0 Å². The minimum Gasteiger partial charge on any atom is -0.354 e. The molecule has 0 saturated heterocycles. The lowest BCUT2D eigenvalue weighted by Crippen LogP contribution is -2.34. The Morgan fingerprint density at radius 3 is 2.43 bits per heavy atom. The average Bonchev–Trinajstić information content (AvgIpc) is 2.98. The highest BCUT2D eigenvalue weighted by Crippen LogP contribution is 2.31. The summed E-state index contributed by atoms with van der Waals surface area (Å²) >= 11 is 18.8. The monoisotopic (exact) mass is 437 g/mol. The highest BCUT2D eigenvalue weighted by molar-refractivity contribution is 6.42. The molecule has 0 aliphatic rings. The topological polar surface area (TPSA) is 46.9 Å². The lowest BCUT2D eigenvalue weighted by molar-refractivity contribution is -0.124. The molecule has 0 unspecified atom stereocenters. The van der Waals surface area contributed by atoms with E-state index < -0.39 is 6.04 Å². The molecular weight excluding hydrogens is 417 g/mol. The van der Waals surface area contributed by atoms with Gasteiger partial charge in [-0.3, -0.25) is 4.79 Å². The standard InChI is InChI=1S/C21H22Cl3N3O/c1-12(2)11-25-21(28)13(3)27-19-10-17(24)16(23)9-18(19)26-20(27)8-14-6-4-5-7-15(14)22/h4-7,9-10,12-13H,8,11H2,1-3H3,(H,25,28)/t13-/m0/s1. The number of nitrogens with one attached hydrogen (secondary N) is 1. The number of amides is 1. The van der Waals surface area contributed by atoms with Crippen molar-refractivity contribution in [3.63, 3.8) is 0 Å². The summed E-state index contributed by atoms with van der Waals surface area (Å²) in [5, 5.41) is 4.51. The van der Waals surface area contributed by atoms with Gasteiger partial charge in [-0.25, -0.2) is 4.98 Å². The van der Waals surface area contributed by atoms with Crippen LogP contribution < -0.4 is 5.32 Å². The van der Waals surface area contributed by atoms with Gasteiger partial charge in [0.1, 0.15) is 11.9 Å². The normalized spacial score (nSPS) is 12.5. The second-order valence-electron chi connectivity index (χ2n) is 7.24. The molecule has 1 heterocycles. The highest BCUT2D eigenvalue weighted by Gasteiger charge is 2.23. The van der Waals surface area contributed by atoms with E-state index in [1.54, 1.807) is 12.1 Å². The largest absolute Gasteiger partial charge is 0.354 e. The Hall–Kier alpha value is -1.75. The number of fused-ring (bicyclic) bond motifs is 1. The van der Waals surface area contributed by atoms with Gasteiger partial charge in [-0.05, 0) is 36.6 Å². The quantitative estimate of drug-likeness (QED) is 0.519. The number of carbonyl (C=O) groups excluding carboxylic acids is 1. The maximum Gasteiger partial charge on any atom is 0.242 e. The molecule has 3 aromatic rings. The van der Waals surface area contributed by atoms with Crippen molar-refractivity contribution < 1.29 is 4.79 Å². The van der Waals surface area contributed by atoms with Gasteiger partial charge in [0.05, 0.1) is 21.1 Å². The van der Waals surface area contributed by atoms with Gasteiger partial charge in [-0.15, -0.1) is 0 Å². The summed E-state index contributed by atoms with van der Waals surface area (Å²) in [5.41, 5.74) is 2.40. The van der Waals surface area contributed by atoms with Crippen LogP contribution in [0.1, 0.15) is 38.2 Å². The van der Waals surface area contributed by atoms with E-state index in [1.807, 2.05) is 35.8 Å². The smallest absolute Gasteiger partial charge is 0.242 e. The van der Waals surface area contributed by atoms with Crippen molar-refractivity contribution in [1.82, 2.24) is 14.9 Å². The van der Waals surface area contributed by atoms with Crippen LogP contribution in [0.3, 0.4) is 0 Å². The number of benzene rings is 2. The van der Waals surface area contributed by atoms with E-state index in [4.69, 9.17) is 39.8 Å². The van der Waals surface area contributed by atoms with E-state index in [2.05, 4.69) is 19.2 Å². The first-order valence-electron chi connectivity index (χ1n) is 9.15. The summed E-state index contributed by atoms with van der Waals surface area (Å²) in [6, 6.07) is 10.6. The van der Waals surface area contributed by atoms with E-state index in [9.17, 15) is 4.79 Å². The molecule has 0 aliphatic carbocycles. The number of halogens is 3. The molecular formula is C21H22Cl3N3O. The van der Waals surface area contributed by atoms with Crippen molar-refractivity contribution in [2.45, 2.75) is 33.2 Å². The number of hydrogen-bond donors (Lipinski definition) is 1. The fourth-order valence-corrected chi connectivity index (χ4v) is 3.60. The van der Waals surface area contributed by atoms with E-state index in [1.165, 1.54) is 0 Å². The molecule has 1 atom stereocenters. The van der Waals surface area contributed by atoms with E-state index in [0.717, 1.165) is 16.9 Å². The molecule has 0 bridgehead atoms. The van der Waals surface area contributed by atoms with Crippen LogP contribution in [0.2, 0.25) is 15.1 Å². The number of nitrogens with zero attached hydrogens (tertiary/aromatic N) is 2. The van der Waals surface area contributed by atoms with Crippen molar-refractivity contribution >= 4 is 51.7 Å². The number of hydrogen-bond acceptors (Lipinski definition) is 2. The van der Waals surface area contributed by atoms with Crippen molar-refractivity contribution in [3.8, 4) is 0 Å². The predicted molar refractivity (Wildman–Crippen MR) is 117 cm³/mol. The number of carbonyl (C=O) groups is 1. The Bertz CT molecular complexity index is 1010. The summed E-state index contributed by atoms with van der Waals surface area (Å²) in [4.78, 5) is 17.5. The third kappa shape index (κ3) is 4.45. The fraction of sp³-hybridized carbons (Fsp3) is 0.333. The predicted octanol–water partition coefficient (Wildman–Crippen LogP) is 5.92. The van der Waals surface area contributed by atoms with Crippen LogP contribution in [0, 0.1) is 5.92 Å². The molecule has 1 aromatic heterocycles. The van der Waals surface area contributed by atoms with Crippen LogP contribution >= 0.6 is 34.8 Å². The van der Waals surface area contributed by atoms with Crippen LogP contribution in [0.15, 0.2) is 36.4 Å². The first kappa shape index (κ1) is 21.0. The molecule has 148 valence electrons. The Labute approximate surface area is 179 Å². The molecule has 3 rings (SSSR count). The summed E-state index contributed by atoms with van der Waals surface area (Å²) in [7, 11) is 0. The minimum absolute atomic E-state index is 0.0699. The zero-order chi connectivity index (χ0) is 20.4. The summed E-state index contributed by atoms with van der Waals surface area (Å²) in [6.07, 6.45) is 0.491. The third-order valence-corrected chi connectivity index (χ3v) is 5.65. The van der Waals surface area contributed by atoms with Crippen molar-refractivity contribution in [1.29, 1.82) is 0 Å².